The molecule has 4 heterocycles. The van der Waals surface area contributed by atoms with Gasteiger partial charge in [-0.3, -0.25) is 9.89 Å². The number of H-pyrrole nitrogens is 1. The number of nitrogens with zero attached hydrogens (tertiary/aromatic N) is 3. The van der Waals surface area contributed by atoms with Gasteiger partial charge < -0.3 is 19.7 Å². The van der Waals surface area contributed by atoms with Crippen molar-refractivity contribution in [3.05, 3.63) is 70.5 Å². The number of ether oxygens (including phenoxy) is 2. The zero-order valence-corrected chi connectivity index (χ0v) is 25.5. The van der Waals surface area contributed by atoms with Crippen LogP contribution in [0.4, 0.5) is 14.5 Å². The maximum Gasteiger partial charge on any atom is 0.243 e. The van der Waals surface area contributed by atoms with Crippen LogP contribution >= 0.6 is 0 Å². The summed E-state index contributed by atoms with van der Waals surface area (Å²) in [6, 6.07) is 7.90. The third-order valence-corrected chi connectivity index (χ3v) is 10.4. The lowest BCUT2D eigenvalue weighted by Gasteiger charge is -2.30. The summed E-state index contributed by atoms with van der Waals surface area (Å²) in [7, 11) is -2.08. The largest absolute Gasteiger partial charge is 0.490 e. The van der Waals surface area contributed by atoms with E-state index >= 15 is 0 Å². The molecule has 1 aromatic heterocycles. The quantitative estimate of drug-likeness (QED) is 0.342. The van der Waals surface area contributed by atoms with Gasteiger partial charge in [0.2, 0.25) is 10.0 Å². The molecule has 0 saturated carbocycles. The normalized spacial score (nSPS) is 19.1. The van der Waals surface area contributed by atoms with Gasteiger partial charge in [0.15, 0.2) is 5.78 Å². The lowest BCUT2D eigenvalue weighted by atomic mass is 9.99. The van der Waals surface area contributed by atoms with Gasteiger partial charge in [-0.2, -0.15) is 9.40 Å². The van der Waals surface area contributed by atoms with E-state index in [1.807, 2.05) is 12.1 Å². The fourth-order valence-corrected chi connectivity index (χ4v) is 7.52. The Bertz CT molecular complexity index is 1600. The van der Waals surface area contributed by atoms with Gasteiger partial charge in [-0.1, -0.05) is 0 Å². The van der Waals surface area contributed by atoms with Gasteiger partial charge in [-0.15, -0.1) is 0 Å². The minimum absolute atomic E-state index is 0.0497. The molecule has 0 aliphatic carbocycles. The van der Waals surface area contributed by atoms with Crippen LogP contribution < -0.4 is 10.1 Å². The molecule has 0 atom stereocenters. The van der Waals surface area contributed by atoms with Crippen LogP contribution in [0.15, 0.2) is 41.3 Å². The number of rotatable bonds is 9. The van der Waals surface area contributed by atoms with Crippen molar-refractivity contribution in [3.8, 4) is 5.75 Å². The summed E-state index contributed by atoms with van der Waals surface area (Å²) in [5, 5.41) is 10.9. The number of carbonyl (C=O) groups is 1. The Balaban J connectivity index is 1.22. The van der Waals surface area contributed by atoms with Crippen molar-refractivity contribution < 1.29 is 31.5 Å². The lowest BCUT2D eigenvalue weighted by molar-refractivity contribution is 0.0904. The van der Waals surface area contributed by atoms with Gasteiger partial charge in [-0.25, -0.2) is 17.2 Å². The van der Waals surface area contributed by atoms with Gasteiger partial charge in [0.1, 0.15) is 23.5 Å². The van der Waals surface area contributed by atoms with Crippen LogP contribution in [-0.2, 0) is 34.1 Å². The number of halogens is 2. The lowest BCUT2D eigenvalue weighted by Crippen LogP contribution is -2.36. The molecule has 0 bridgehead atoms. The van der Waals surface area contributed by atoms with E-state index in [4.69, 9.17) is 9.47 Å². The van der Waals surface area contributed by atoms with Crippen LogP contribution in [0.2, 0.25) is 0 Å². The van der Waals surface area contributed by atoms with Gasteiger partial charge in [0, 0.05) is 86.5 Å². The SMILES string of the molecule is CN1CCC(Oc2ccc(C(=O)Cc3n[nH]c4c3CN(S(=O)(=O)c3cc(F)cc(F)c3)CC4)c(NC3CCOCC3)c2)CC1. The highest BCUT2D eigenvalue weighted by Crippen LogP contribution is 2.31. The molecule has 2 N–H and O–H groups in total. The van der Waals surface area contributed by atoms with Gasteiger partial charge >= 0.3 is 0 Å². The van der Waals surface area contributed by atoms with E-state index in [2.05, 4.69) is 27.5 Å². The van der Waals surface area contributed by atoms with Crippen LogP contribution in [0.25, 0.3) is 0 Å². The topological polar surface area (TPSA) is 117 Å². The van der Waals surface area contributed by atoms with Gasteiger partial charge in [0.25, 0.3) is 0 Å². The standard InChI is InChI=1S/C31H37F2N5O5S/c1-37-9-4-23(5-10-37)43-24-2-3-26(29(17-24)34-22-7-12-42-13-8-22)31(39)18-30-27-19-38(11-6-28(27)35-36-30)44(40,41)25-15-20(32)14-21(33)16-25/h2-3,14-17,22-23,34H,4-13,18-19H2,1H3,(H,35,36). The van der Waals surface area contributed by atoms with E-state index < -0.39 is 26.6 Å². The van der Waals surface area contributed by atoms with Gasteiger partial charge in [-0.05, 0) is 57.0 Å². The second-order valence-corrected chi connectivity index (χ2v) is 13.7. The number of piperidine rings is 1. The summed E-state index contributed by atoms with van der Waals surface area (Å²) >= 11 is 0. The number of hydrogen-bond donors (Lipinski definition) is 2. The molecule has 44 heavy (non-hydrogen) atoms. The molecular formula is C31H37F2N5O5S. The molecule has 0 amide bonds. The van der Waals surface area contributed by atoms with E-state index in [-0.39, 0.29) is 37.4 Å². The number of ketones is 1. The third kappa shape index (κ3) is 6.80. The smallest absolute Gasteiger partial charge is 0.243 e. The van der Waals surface area contributed by atoms with Crippen molar-refractivity contribution in [2.75, 3.05) is 45.2 Å². The number of nitrogens with one attached hydrogen (secondary N) is 2. The highest BCUT2D eigenvalue weighted by molar-refractivity contribution is 7.89. The Hall–Kier alpha value is -3.39. The first-order valence-electron chi connectivity index (χ1n) is 15.0. The van der Waals surface area contributed by atoms with Crippen molar-refractivity contribution in [1.82, 2.24) is 19.4 Å². The number of sulfonamides is 1. The predicted octanol–water partition coefficient (Wildman–Crippen LogP) is 3.92. The number of fused-ring (bicyclic) bond motifs is 1. The Morgan fingerprint density at radius 3 is 2.52 bits per heavy atom. The molecule has 10 nitrogen and oxygen atoms in total. The first kappa shape index (κ1) is 30.6. The number of benzene rings is 2. The number of Topliss-reactive ketones (excluding diaryl/α,β-unsaturated/α-hetero) is 1. The number of likely N-dealkylation sites (tertiary alicyclic amines) is 1. The molecular weight excluding hydrogens is 592 g/mol. The maximum absolute atomic E-state index is 13.8. The van der Waals surface area contributed by atoms with E-state index in [1.165, 1.54) is 4.31 Å². The van der Waals surface area contributed by atoms with Crippen molar-refractivity contribution in [3.63, 3.8) is 0 Å². The van der Waals surface area contributed by atoms with E-state index in [9.17, 15) is 22.0 Å². The van der Waals surface area contributed by atoms with Crippen molar-refractivity contribution >= 4 is 21.5 Å². The molecule has 236 valence electrons. The number of anilines is 1. The third-order valence-electron chi connectivity index (χ3n) is 8.63. The van der Waals surface area contributed by atoms with Crippen molar-refractivity contribution in [2.45, 2.75) is 62.1 Å². The Labute approximate surface area is 255 Å². The fourth-order valence-electron chi connectivity index (χ4n) is 6.07. The highest BCUT2D eigenvalue weighted by Gasteiger charge is 2.32. The van der Waals surface area contributed by atoms with Crippen molar-refractivity contribution in [1.29, 1.82) is 0 Å². The van der Waals surface area contributed by atoms with Crippen LogP contribution in [0.1, 0.15) is 53.0 Å². The molecule has 0 unspecified atom stereocenters. The first-order chi connectivity index (χ1) is 21.2. The first-order valence-corrected chi connectivity index (χ1v) is 16.5. The number of hydrogen-bond acceptors (Lipinski definition) is 8. The Morgan fingerprint density at radius 1 is 1.07 bits per heavy atom. The summed E-state index contributed by atoms with van der Waals surface area (Å²) in [5.41, 5.74) is 2.98. The second kappa shape index (κ2) is 12.9. The van der Waals surface area contributed by atoms with E-state index in [0.29, 0.717) is 54.0 Å². The number of carbonyl (C=O) groups excluding carboxylic acids is 1. The Kier molecular flexibility index (Phi) is 8.99. The zero-order chi connectivity index (χ0) is 30.8. The summed E-state index contributed by atoms with van der Waals surface area (Å²) in [6.07, 6.45) is 3.90. The molecule has 3 aliphatic heterocycles. The van der Waals surface area contributed by atoms with Crippen LogP contribution in [0, 0.1) is 11.6 Å². The minimum atomic E-state index is -4.18. The summed E-state index contributed by atoms with van der Waals surface area (Å²) < 4.78 is 67.2. The average Bonchev–Trinajstić information content (AvgIpc) is 3.40. The molecule has 13 heteroatoms. The highest BCUT2D eigenvalue weighted by atomic mass is 32.2. The molecule has 2 aromatic carbocycles. The Morgan fingerprint density at radius 2 is 1.80 bits per heavy atom. The fraction of sp³-hybridized carbons (Fsp3) is 0.484. The van der Waals surface area contributed by atoms with Crippen molar-refractivity contribution in [2.24, 2.45) is 0 Å². The molecule has 3 aromatic rings. The molecule has 3 aliphatic rings. The molecule has 0 spiro atoms. The van der Waals surface area contributed by atoms with Crippen LogP contribution in [0.3, 0.4) is 0 Å². The number of aromatic nitrogens is 2. The molecule has 2 saturated heterocycles. The summed E-state index contributed by atoms with van der Waals surface area (Å²) in [4.78, 5) is 15.6. The van der Waals surface area contributed by atoms with Gasteiger partial charge in [0.05, 0.1) is 17.0 Å². The van der Waals surface area contributed by atoms with Crippen LogP contribution in [0.5, 0.6) is 5.75 Å². The second-order valence-electron chi connectivity index (χ2n) is 11.8. The maximum atomic E-state index is 13.8. The summed E-state index contributed by atoms with van der Waals surface area (Å²) in [6.45, 7) is 3.29. The molecule has 2 fully saturated rings. The average molecular weight is 630 g/mol. The monoisotopic (exact) mass is 629 g/mol. The molecule has 6 rings (SSSR count). The van der Waals surface area contributed by atoms with E-state index in [0.717, 1.165) is 56.6 Å². The zero-order valence-electron chi connectivity index (χ0n) is 24.7. The predicted molar refractivity (Wildman–Crippen MR) is 159 cm³/mol. The van der Waals surface area contributed by atoms with E-state index in [1.54, 1.807) is 6.07 Å². The molecule has 0 radical (unpaired) electrons. The minimum Gasteiger partial charge on any atom is -0.490 e. The van der Waals surface area contributed by atoms with Crippen LogP contribution in [-0.4, -0.2) is 85.6 Å². The number of aromatic amines is 1. The summed E-state index contributed by atoms with van der Waals surface area (Å²) in [5.74, 6) is -1.41.